The molecule has 0 radical (unpaired) electrons. The van der Waals surface area contributed by atoms with Crippen molar-refractivity contribution in [1.29, 1.82) is 0 Å². The molecule has 1 aliphatic rings. The summed E-state index contributed by atoms with van der Waals surface area (Å²) in [7, 11) is 0. The maximum absolute atomic E-state index is 12.8. The third kappa shape index (κ3) is 4.99. The van der Waals surface area contributed by atoms with E-state index in [0.717, 1.165) is 13.0 Å². The van der Waals surface area contributed by atoms with Gasteiger partial charge in [-0.25, -0.2) is 4.39 Å². The van der Waals surface area contributed by atoms with E-state index >= 15 is 0 Å². The van der Waals surface area contributed by atoms with Gasteiger partial charge in [-0.05, 0) is 43.7 Å². The van der Waals surface area contributed by atoms with Crippen LogP contribution in [0.1, 0.15) is 19.3 Å². The molecule has 6 heteroatoms. The Kier molecular flexibility index (Phi) is 5.14. The fourth-order valence-electron chi connectivity index (χ4n) is 2.53. The van der Waals surface area contributed by atoms with Crippen molar-refractivity contribution in [3.8, 4) is 5.75 Å². The number of halogens is 1. The standard InChI is InChI=1S/C15H21FN2O3/c16-12-2-4-13(5-3-12)21-11-15(20)7-1-8-18(10-15)9-6-14(17)19/h2-5,20H,1,6-11H2,(H2,17,19)/t15-/m1/s1. The van der Waals surface area contributed by atoms with Crippen LogP contribution in [-0.4, -0.2) is 47.8 Å². The van der Waals surface area contributed by atoms with Crippen molar-refractivity contribution in [2.75, 3.05) is 26.2 Å². The predicted molar refractivity (Wildman–Crippen MR) is 76.3 cm³/mol. The lowest BCUT2D eigenvalue weighted by Gasteiger charge is -2.38. The highest BCUT2D eigenvalue weighted by Crippen LogP contribution is 2.23. The fourth-order valence-corrected chi connectivity index (χ4v) is 2.53. The zero-order valence-corrected chi connectivity index (χ0v) is 11.9. The van der Waals surface area contributed by atoms with Gasteiger partial charge in [-0.1, -0.05) is 0 Å². The number of amides is 1. The van der Waals surface area contributed by atoms with Crippen LogP contribution in [0.25, 0.3) is 0 Å². The molecule has 0 saturated carbocycles. The van der Waals surface area contributed by atoms with Gasteiger partial charge in [0, 0.05) is 19.5 Å². The number of piperidine rings is 1. The minimum absolute atomic E-state index is 0.145. The van der Waals surface area contributed by atoms with Gasteiger partial charge in [0.25, 0.3) is 0 Å². The lowest BCUT2D eigenvalue weighted by Crippen LogP contribution is -2.52. The first-order valence-corrected chi connectivity index (χ1v) is 7.08. The number of hydrogen-bond acceptors (Lipinski definition) is 4. The smallest absolute Gasteiger partial charge is 0.218 e. The quantitative estimate of drug-likeness (QED) is 0.818. The monoisotopic (exact) mass is 296 g/mol. The van der Waals surface area contributed by atoms with Crippen LogP contribution < -0.4 is 10.5 Å². The predicted octanol–water partition coefficient (Wildman–Crippen LogP) is 0.907. The van der Waals surface area contributed by atoms with E-state index in [0.29, 0.717) is 25.3 Å². The van der Waals surface area contributed by atoms with Crippen LogP contribution in [0.3, 0.4) is 0 Å². The molecular weight excluding hydrogens is 275 g/mol. The number of primary amides is 1. The van der Waals surface area contributed by atoms with Crippen LogP contribution in [0.15, 0.2) is 24.3 Å². The van der Waals surface area contributed by atoms with Gasteiger partial charge in [-0.15, -0.1) is 0 Å². The molecule has 1 aliphatic heterocycles. The zero-order valence-electron chi connectivity index (χ0n) is 11.9. The van der Waals surface area contributed by atoms with E-state index in [-0.39, 0.29) is 24.8 Å². The van der Waals surface area contributed by atoms with Crippen molar-refractivity contribution in [2.45, 2.75) is 24.9 Å². The highest BCUT2D eigenvalue weighted by Gasteiger charge is 2.34. The Morgan fingerprint density at radius 1 is 1.43 bits per heavy atom. The third-order valence-corrected chi connectivity index (χ3v) is 3.63. The van der Waals surface area contributed by atoms with Gasteiger partial charge in [0.15, 0.2) is 0 Å². The largest absolute Gasteiger partial charge is 0.491 e. The number of rotatable bonds is 6. The Balaban J connectivity index is 1.85. The number of nitrogens with zero attached hydrogens (tertiary/aromatic N) is 1. The van der Waals surface area contributed by atoms with Crippen LogP contribution in [-0.2, 0) is 4.79 Å². The van der Waals surface area contributed by atoms with Crippen LogP contribution in [0.2, 0.25) is 0 Å². The molecule has 116 valence electrons. The molecule has 5 nitrogen and oxygen atoms in total. The summed E-state index contributed by atoms with van der Waals surface area (Å²) in [6.45, 7) is 1.98. The molecule has 1 saturated heterocycles. The van der Waals surface area contributed by atoms with Crippen molar-refractivity contribution in [3.63, 3.8) is 0 Å². The van der Waals surface area contributed by atoms with Gasteiger partial charge in [0.2, 0.25) is 5.91 Å². The van der Waals surface area contributed by atoms with Gasteiger partial charge >= 0.3 is 0 Å². The number of aliphatic hydroxyl groups is 1. The molecule has 1 fully saturated rings. The highest BCUT2D eigenvalue weighted by molar-refractivity contribution is 5.73. The minimum atomic E-state index is -0.954. The van der Waals surface area contributed by atoms with Gasteiger partial charge in [0.05, 0.1) is 0 Å². The molecule has 21 heavy (non-hydrogen) atoms. The minimum Gasteiger partial charge on any atom is -0.491 e. The number of likely N-dealkylation sites (tertiary alicyclic amines) is 1. The second kappa shape index (κ2) is 6.87. The Hall–Kier alpha value is -1.66. The highest BCUT2D eigenvalue weighted by atomic mass is 19.1. The number of hydrogen-bond donors (Lipinski definition) is 2. The molecule has 0 unspecified atom stereocenters. The molecule has 0 bridgehead atoms. The lowest BCUT2D eigenvalue weighted by atomic mass is 9.93. The number of carbonyl (C=O) groups excluding carboxylic acids is 1. The van der Waals surface area contributed by atoms with E-state index in [9.17, 15) is 14.3 Å². The topological polar surface area (TPSA) is 75.8 Å². The maximum atomic E-state index is 12.8. The van der Waals surface area contributed by atoms with Crippen molar-refractivity contribution >= 4 is 5.91 Å². The van der Waals surface area contributed by atoms with Crippen LogP contribution >= 0.6 is 0 Å². The van der Waals surface area contributed by atoms with Gasteiger partial charge in [0.1, 0.15) is 23.8 Å². The molecule has 0 aromatic heterocycles. The number of carbonyl (C=O) groups is 1. The van der Waals surface area contributed by atoms with E-state index in [2.05, 4.69) is 0 Å². The molecule has 1 amide bonds. The summed E-state index contributed by atoms with van der Waals surface area (Å²) in [5.41, 5.74) is 4.19. The average molecular weight is 296 g/mol. The van der Waals surface area contributed by atoms with Crippen molar-refractivity contribution in [1.82, 2.24) is 4.90 Å². The molecule has 0 spiro atoms. The van der Waals surface area contributed by atoms with E-state index in [4.69, 9.17) is 10.5 Å². The van der Waals surface area contributed by atoms with E-state index in [1.807, 2.05) is 4.90 Å². The first-order chi connectivity index (χ1) is 9.97. The first-order valence-electron chi connectivity index (χ1n) is 7.08. The first kappa shape index (κ1) is 15.7. The van der Waals surface area contributed by atoms with Gasteiger partial charge in [-0.3, -0.25) is 9.69 Å². The van der Waals surface area contributed by atoms with Gasteiger partial charge < -0.3 is 15.6 Å². The van der Waals surface area contributed by atoms with E-state index in [1.54, 1.807) is 0 Å². The third-order valence-electron chi connectivity index (χ3n) is 3.63. The average Bonchev–Trinajstić information content (AvgIpc) is 2.45. The molecule has 2 rings (SSSR count). The number of ether oxygens (including phenoxy) is 1. The van der Waals surface area contributed by atoms with Crippen molar-refractivity contribution in [2.24, 2.45) is 5.73 Å². The normalized spacial score (nSPS) is 23.0. The number of nitrogens with two attached hydrogens (primary N) is 1. The molecule has 1 atom stereocenters. The second-order valence-electron chi connectivity index (χ2n) is 5.56. The molecule has 3 N–H and O–H groups in total. The van der Waals surface area contributed by atoms with E-state index < -0.39 is 5.60 Å². The second-order valence-corrected chi connectivity index (χ2v) is 5.56. The molecule has 1 aromatic rings. The summed E-state index contributed by atoms with van der Waals surface area (Å²) < 4.78 is 18.4. The summed E-state index contributed by atoms with van der Waals surface area (Å²) in [6.07, 6.45) is 1.76. The van der Waals surface area contributed by atoms with Gasteiger partial charge in [-0.2, -0.15) is 0 Å². The molecular formula is C15H21FN2O3. The Morgan fingerprint density at radius 3 is 2.81 bits per heavy atom. The fraction of sp³-hybridized carbons (Fsp3) is 0.533. The van der Waals surface area contributed by atoms with E-state index in [1.165, 1.54) is 24.3 Å². The zero-order chi connectivity index (χ0) is 15.3. The maximum Gasteiger partial charge on any atom is 0.218 e. The van der Waals surface area contributed by atoms with Crippen molar-refractivity contribution < 1.29 is 19.0 Å². The summed E-state index contributed by atoms with van der Waals surface area (Å²) in [6, 6.07) is 5.71. The van der Waals surface area contributed by atoms with Crippen LogP contribution in [0.5, 0.6) is 5.75 Å². The summed E-state index contributed by atoms with van der Waals surface area (Å²) in [5, 5.41) is 10.6. The summed E-state index contributed by atoms with van der Waals surface area (Å²) >= 11 is 0. The van der Waals surface area contributed by atoms with Crippen LogP contribution in [0, 0.1) is 5.82 Å². The SMILES string of the molecule is NC(=O)CCN1CCC[C@](O)(COc2ccc(F)cc2)C1. The lowest BCUT2D eigenvalue weighted by molar-refractivity contribution is -0.119. The summed E-state index contributed by atoms with van der Waals surface area (Å²) in [4.78, 5) is 12.8. The Labute approximate surface area is 123 Å². The molecule has 0 aliphatic carbocycles. The number of benzene rings is 1. The molecule has 1 aromatic carbocycles. The Bertz CT molecular complexity index is 480. The number of β-amino-alcohol motifs (C(OH)–C–C–N with tert-alkyl or cyclic N) is 1. The van der Waals surface area contributed by atoms with Crippen LogP contribution in [0.4, 0.5) is 4.39 Å². The Morgan fingerprint density at radius 2 is 2.14 bits per heavy atom. The summed E-state index contributed by atoms with van der Waals surface area (Å²) in [5.74, 6) is -0.137. The molecule has 1 heterocycles. The van der Waals surface area contributed by atoms with Crippen molar-refractivity contribution in [3.05, 3.63) is 30.1 Å².